The fraction of sp³-hybridized carbons (Fsp3) is 0.550. The molecule has 0 aromatic carbocycles. The lowest BCUT2D eigenvalue weighted by Gasteiger charge is -2.35. The van der Waals surface area contributed by atoms with Crippen molar-refractivity contribution in [1.82, 2.24) is 24.6 Å². The van der Waals surface area contributed by atoms with Gasteiger partial charge in [0.25, 0.3) is 11.5 Å². The highest BCUT2D eigenvalue weighted by atomic mass is 16.2. The van der Waals surface area contributed by atoms with Gasteiger partial charge in [0.05, 0.1) is 0 Å². The molecule has 0 saturated carbocycles. The Labute approximate surface area is 170 Å². The molecule has 2 fully saturated rings. The highest BCUT2D eigenvalue weighted by Crippen LogP contribution is 2.22. The van der Waals surface area contributed by atoms with E-state index in [-0.39, 0.29) is 11.5 Å². The van der Waals surface area contributed by atoms with Gasteiger partial charge in [-0.25, -0.2) is 9.67 Å². The van der Waals surface area contributed by atoms with Crippen LogP contribution in [0.25, 0.3) is 0 Å². The molecule has 0 unspecified atom stereocenters. The second kappa shape index (κ2) is 8.18. The van der Waals surface area contributed by atoms with Gasteiger partial charge in [0.2, 0.25) is 5.95 Å². The number of rotatable bonds is 3. The summed E-state index contributed by atoms with van der Waals surface area (Å²) < 4.78 is 1.19. The number of carbonyl (C=O) groups excluding carboxylic acids is 1. The van der Waals surface area contributed by atoms with Crippen LogP contribution in [0.15, 0.2) is 23.0 Å². The zero-order chi connectivity index (χ0) is 20.4. The van der Waals surface area contributed by atoms with Gasteiger partial charge >= 0.3 is 0 Å². The van der Waals surface area contributed by atoms with Gasteiger partial charge in [-0.15, -0.1) is 0 Å². The van der Waals surface area contributed by atoms with Crippen molar-refractivity contribution < 1.29 is 4.79 Å². The second-order valence-electron chi connectivity index (χ2n) is 7.67. The standard InChI is InChI=1S/C20H27N7O2/c1-15-14-17(25-8-4-3-5-9-25)22-20(21-15)27-12-10-26(11-13-27)19(29)16-6-7-18(28)24(2)23-16/h6-7,14H,3-5,8-13H2,1-2H3. The molecular formula is C20H27N7O2. The average molecular weight is 397 g/mol. The zero-order valence-corrected chi connectivity index (χ0v) is 17.0. The molecule has 154 valence electrons. The van der Waals surface area contributed by atoms with Gasteiger partial charge in [-0.1, -0.05) is 0 Å². The summed E-state index contributed by atoms with van der Waals surface area (Å²) in [5.74, 6) is 1.58. The van der Waals surface area contributed by atoms with Crippen molar-refractivity contribution in [3.8, 4) is 0 Å². The van der Waals surface area contributed by atoms with Crippen LogP contribution in [-0.4, -0.2) is 69.8 Å². The molecular weight excluding hydrogens is 370 g/mol. The first-order valence-electron chi connectivity index (χ1n) is 10.2. The molecule has 0 radical (unpaired) electrons. The molecule has 2 aliphatic rings. The Balaban J connectivity index is 1.44. The van der Waals surface area contributed by atoms with Crippen LogP contribution in [0.1, 0.15) is 35.4 Å². The third-order valence-corrected chi connectivity index (χ3v) is 5.54. The highest BCUT2D eigenvalue weighted by Gasteiger charge is 2.25. The van der Waals surface area contributed by atoms with Crippen molar-refractivity contribution in [3.63, 3.8) is 0 Å². The van der Waals surface area contributed by atoms with Crippen molar-refractivity contribution in [3.05, 3.63) is 39.9 Å². The third kappa shape index (κ3) is 4.23. The van der Waals surface area contributed by atoms with Crippen LogP contribution >= 0.6 is 0 Å². The normalized spacial score (nSPS) is 17.5. The molecule has 0 atom stereocenters. The molecule has 9 nitrogen and oxygen atoms in total. The van der Waals surface area contributed by atoms with Gasteiger partial charge in [0.15, 0.2) is 0 Å². The van der Waals surface area contributed by atoms with E-state index in [1.807, 2.05) is 6.92 Å². The predicted molar refractivity (Wildman–Crippen MR) is 110 cm³/mol. The summed E-state index contributed by atoms with van der Waals surface area (Å²) in [5.41, 5.74) is 1.02. The summed E-state index contributed by atoms with van der Waals surface area (Å²) in [6, 6.07) is 4.92. The molecule has 0 aliphatic carbocycles. The molecule has 2 aromatic rings. The van der Waals surface area contributed by atoms with E-state index < -0.39 is 0 Å². The Kier molecular flexibility index (Phi) is 5.46. The van der Waals surface area contributed by atoms with Crippen LogP contribution in [0.3, 0.4) is 0 Å². The lowest BCUT2D eigenvalue weighted by molar-refractivity contribution is 0.0737. The fourth-order valence-corrected chi connectivity index (χ4v) is 3.85. The minimum atomic E-state index is -0.229. The average Bonchev–Trinajstić information content (AvgIpc) is 2.75. The lowest BCUT2D eigenvalue weighted by Crippen LogP contribution is -2.49. The molecule has 2 aliphatic heterocycles. The number of nitrogens with zero attached hydrogens (tertiary/aromatic N) is 7. The Bertz CT molecular complexity index is 944. The summed E-state index contributed by atoms with van der Waals surface area (Å²) in [4.78, 5) is 39.9. The number of piperazine rings is 1. The summed E-state index contributed by atoms with van der Waals surface area (Å²) >= 11 is 0. The Morgan fingerprint density at radius 3 is 2.34 bits per heavy atom. The maximum atomic E-state index is 12.7. The van der Waals surface area contributed by atoms with Crippen molar-refractivity contribution >= 4 is 17.7 Å². The van der Waals surface area contributed by atoms with Crippen molar-refractivity contribution in [2.24, 2.45) is 7.05 Å². The molecule has 29 heavy (non-hydrogen) atoms. The Morgan fingerprint density at radius 1 is 0.931 bits per heavy atom. The largest absolute Gasteiger partial charge is 0.356 e. The molecule has 2 aromatic heterocycles. The summed E-state index contributed by atoms with van der Waals surface area (Å²) in [5, 5.41) is 4.07. The van der Waals surface area contributed by atoms with Gasteiger partial charge < -0.3 is 14.7 Å². The quantitative estimate of drug-likeness (QED) is 0.758. The van der Waals surface area contributed by atoms with Gasteiger partial charge in [0.1, 0.15) is 11.5 Å². The minimum absolute atomic E-state index is 0.153. The fourth-order valence-electron chi connectivity index (χ4n) is 3.85. The van der Waals surface area contributed by atoms with E-state index in [4.69, 9.17) is 4.98 Å². The maximum absolute atomic E-state index is 12.7. The Hall–Kier alpha value is -2.97. The van der Waals surface area contributed by atoms with Crippen molar-refractivity contribution in [1.29, 1.82) is 0 Å². The van der Waals surface area contributed by atoms with Crippen molar-refractivity contribution in [2.45, 2.75) is 26.2 Å². The SMILES string of the molecule is Cc1cc(N2CCCCC2)nc(N2CCN(C(=O)c3ccc(=O)n(C)n3)CC2)n1. The first-order chi connectivity index (χ1) is 14.0. The molecule has 4 heterocycles. The van der Waals surface area contributed by atoms with Crippen LogP contribution in [-0.2, 0) is 7.05 Å². The second-order valence-corrected chi connectivity index (χ2v) is 7.67. The van der Waals surface area contributed by atoms with E-state index in [0.717, 1.165) is 30.5 Å². The minimum Gasteiger partial charge on any atom is -0.356 e. The Morgan fingerprint density at radius 2 is 1.66 bits per heavy atom. The monoisotopic (exact) mass is 397 g/mol. The molecule has 9 heteroatoms. The van der Waals surface area contributed by atoms with Crippen LogP contribution in [0.2, 0.25) is 0 Å². The highest BCUT2D eigenvalue weighted by molar-refractivity contribution is 5.92. The zero-order valence-electron chi connectivity index (χ0n) is 17.0. The number of hydrogen-bond acceptors (Lipinski definition) is 7. The molecule has 0 N–H and O–H groups in total. The number of anilines is 2. The van der Waals surface area contributed by atoms with Gasteiger partial charge in [-0.2, -0.15) is 10.1 Å². The maximum Gasteiger partial charge on any atom is 0.274 e. The van der Waals surface area contributed by atoms with Crippen LogP contribution in [0.4, 0.5) is 11.8 Å². The predicted octanol–water partition coefficient (Wildman–Crippen LogP) is 0.831. The van der Waals surface area contributed by atoms with Crippen LogP contribution in [0.5, 0.6) is 0 Å². The number of carbonyl (C=O) groups is 1. The molecule has 2 saturated heterocycles. The first kappa shape index (κ1) is 19.4. The first-order valence-corrected chi connectivity index (χ1v) is 10.2. The lowest BCUT2D eigenvalue weighted by atomic mass is 10.1. The van der Waals surface area contributed by atoms with Gasteiger partial charge in [0, 0.05) is 64.1 Å². The molecule has 4 rings (SSSR count). The van der Waals surface area contributed by atoms with E-state index in [2.05, 4.69) is 25.9 Å². The van der Waals surface area contributed by atoms with E-state index in [1.165, 1.54) is 36.1 Å². The molecule has 0 bridgehead atoms. The van der Waals surface area contributed by atoms with Crippen molar-refractivity contribution in [2.75, 3.05) is 49.1 Å². The summed E-state index contributed by atoms with van der Waals surface area (Å²) in [6.45, 7) is 6.57. The topological polar surface area (TPSA) is 87.5 Å². The van der Waals surface area contributed by atoms with Crippen LogP contribution in [0, 0.1) is 6.92 Å². The summed E-state index contributed by atoms with van der Waals surface area (Å²) in [6.07, 6.45) is 3.70. The molecule has 1 amide bonds. The van der Waals surface area contributed by atoms with E-state index >= 15 is 0 Å². The van der Waals surface area contributed by atoms with E-state index in [9.17, 15) is 9.59 Å². The van der Waals surface area contributed by atoms with E-state index in [1.54, 1.807) is 11.9 Å². The number of hydrogen-bond donors (Lipinski definition) is 0. The number of aryl methyl sites for hydroxylation is 2. The number of piperidine rings is 1. The smallest absolute Gasteiger partial charge is 0.274 e. The van der Waals surface area contributed by atoms with E-state index in [0.29, 0.717) is 31.9 Å². The third-order valence-electron chi connectivity index (χ3n) is 5.54. The molecule has 0 spiro atoms. The van der Waals surface area contributed by atoms with Gasteiger partial charge in [-0.3, -0.25) is 9.59 Å². The van der Waals surface area contributed by atoms with Gasteiger partial charge in [-0.05, 0) is 32.3 Å². The van der Waals surface area contributed by atoms with Crippen LogP contribution < -0.4 is 15.4 Å². The summed E-state index contributed by atoms with van der Waals surface area (Å²) in [7, 11) is 1.55. The number of aromatic nitrogens is 4. The number of amides is 1.